The smallest absolute Gasteiger partial charge is 0.243 e. The minimum Gasteiger partial charge on any atom is -0.363 e. The van der Waals surface area contributed by atoms with Gasteiger partial charge in [-0.3, -0.25) is 5.10 Å². The first kappa shape index (κ1) is 14.6. The number of rotatable bonds is 5. The second-order valence-electron chi connectivity index (χ2n) is 6.98. The van der Waals surface area contributed by atoms with Gasteiger partial charge in [-0.05, 0) is 25.7 Å². The van der Waals surface area contributed by atoms with Crippen LogP contribution in [0.25, 0.3) is 16.9 Å². The Labute approximate surface area is 143 Å². The molecular formula is C16H19FN8. The van der Waals surface area contributed by atoms with Crippen molar-refractivity contribution in [2.45, 2.75) is 31.8 Å². The van der Waals surface area contributed by atoms with Crippen LogP contribution in [0.5, 0.6) is 0 Å². The fourth-order valence-corrected chi connectivity index (χ4v) is 3.83. The number of halogens is 1. The number of anilines is 2. The Morgan fingerprint density at radius 2 is 2.32 bits per heavy atom. The van der Waals surface area contributed by atoms with Crippen molar-refractivity contribution < 1.29 is 4.39 Å². The normalized spacial score (nSPS) is 23.0. The zero-order chi connectivity index (χ0) is 17.0. The molecule has 6 rings (SSSR count). The Bertz CT molecular complexity index is 898. The summed E-state index contributed by atoms with van der Waals surface area (Å²) >= 11 is 0. The molecular weight excluding hydrogens is 323 g/mol. The molecule has 2 bridgehead atoms. The molecule has 3 aromatic rings. The molecule has 1 aliphatic carbocycles. The predicted molar refractivity (Wildman–Crippen MR) is 91.3 cm³/mol. The standard InChI is InChI=1S/C16H19FN8/c1-9(4-17)21-16-22-15-14(24-7-10-2-12(24)3-10)13(11-5-19-20-6-11)18-8-25(15)23-16/h5-6,8-10,12H,2-4,7H2,1H3,(H,19,20)(H,21,23)/t9-,10?,12?/m0/s1. The average molecular weight is 342 g/mol. The first-order chi connectivity index (χ1) is 12.2. The quantitative estimate of drug-likeness (QED) is 0.736. The second kappa shape index (κ2) is 5.40. The van der Waals surface area contributed by atoms with Crippen molar-refractivity contribution in [3.8, 4) is 11.3 Å². The number of hydrogen-bond donors (Lipinski definition) is 2. The first-order valence-corrected chi connectivity index (χ1v) is 8.56. The minimum absolute atomic E-state index is 0.332. The van der Waals surface area contributed by atoms with E-state index in [2.05, 4.69) is 35.5 Å². The molecule has 3 aliphatic rings. The zero-order valence-electron chi connectivity index (χ0n) is 13.9. The average Bonchev–Trinajstić information content (AvgIpc) is 3.34. The molecule has 5 heterocycles. The van der Waals surface area contributed by atoms with Crippen LogP contribution >= 0.6 is 0 Å². The van der Waals surface area contributed by atoms with Crippen LogP contribution in [-0.4, -0.2) is 55.1 Å². The van der Waals surface area contributed by atoms with Gasteiger partial charge in [-0.1, -0.05) is 0 Å². The van der Waals surface area contributed by atoms with E-state index in [1.165, 1.54) is 12.8 Å². The Kier molecular flexibility index (Phi) is 3.16. The van der Waals surface area contributed by atoms with E-state index < -0.39 is 6.67 Å². The Morgan fingerprint density at radius 1 is 1.44 bits per heavy atom. The molecule has 0 radical (unpaired) electrons. The lowest BCUT2D eigenvalue weighted by Gasteiger charge is -2.28. The number of nitrogens with one attached hydrogen (secondary N) is 2. The van der Waals surface area contributed by atoms with Crippen molar-refractivity contribution in [2.75, 3.05) is 23.4 Å². The molecule has 0 spiro atoms. The van der Waals surface area contributed by atoms with Crippen LogP contribution in [0.2, 0.25) is 0 Å². The minimum atomic E-state index is -0.475. The molecule has 2 aliphatic heterocycles. The number of aromatic amines is 1. The highest BCUT2D eigenvalue weighted by Gasteiger charge is 2.44. The molecule has 2 saturated heterocycles. The van der Waals surface area contributed by atoms with Crippen molar-refractivity contribution >= 4 is 17.3 Å². The maximum atomic E-state index is 12.8. The van der Waals surface area contributed by atoms with Gasteiger partial charge >= 0.3 is 0 Å². The van der Waals surface area contributed by atoms with Crippen LogP contribution in [0.15, 0.2) is 18.7 Å². The summed E-state index contributed by atoms with van der Waals surface area (Å²) in [6.07, 6.45) is 7.71. The summed E-state index contributed by atoms with van der Waals surface area (Å²) in [5.74, 6) is 1.18. The summed E-state index contributed by atoms with van der Waals surface area (Å²) in [7, 11) is 0. The molecule has 0 unspecified atom stereocenters. The lowest BCUT2D eigenvalue weighted by Crippen LogP contribution is -2.29. The Balaban J connectivity index is 1.66. The van der Waals surface area contributed by atoms with Gasteiger partial charge in [-0.25, -0.2) is 9.37 Å². The van der Waals surface area contributed by atoms with Crippen LogP contribution in [-0.2, 0) is 0 Å². The lowest BCUT2D eigenvalue weighted by atomic mass is 9.86. The number of alkyl halides is 1. The third-order valence-electron chi connectivity index (χ3n) is 5.14. The molecule has 0 aromatic carbocycles. The summed E-state index contributed by atoms with van der Waals surface area (Å²) in [6.45, 7) is 2.31. The fourth-order valence-electron chi connectivity index (χ4n) is 3.83. The zero-order valence-corrected chi connectivity index (χ0v) is 13.9. The number of hydrogen-bond acceptors (Lipinski definition) is 6. The fraction of sp³-hybridized carbons (Fsp3) is 0.500. The molecule has 2 N–H and O–H groups in total. The molecule has 1 saturated carbocycles. The Hall–Kier alpha value is -2.71. The molecule has 3 aromatic heterocycles. The van der Waals surface area contributed by atoms with Crippen LogP contribution in [0.1, 0.15) is 19.8 Å². The second-order valence-corrected chi connectivity index (χ2v) is 6.98. The molecule has 8 nitrogen and oxygen atoms in total. The van der Waals surface area contributed by atoms with Gasteiger partial charge in [0.1, 0.15) is 24.4 Å². The summed E-state index contributed by atoms with van der Waals surface area (Å²) in [5.41, 5.74) is 3.51. The SMILES string of the molecule is C[C@@H](CF)Nc1nc2c(N3CC4CC3C4)c(-c3cn[nH]c3)ncn2n1. The molecule has 1 atom stereocenters. The number of H-pyrrole nitrogens is 1. The van der Waals surface area contributed by atoms with Crippen molar-refractivity contribution in [3.63, 3.8) is 0 Å². The molecule has 3 fully saturated rings. The van der Waals surface area contributed by atoms with E-state index in [1.807, 2.05) is 6.20 Å². The van der Waals surface area contributed by atoms with Crippen molar-refractivity contribution in [2.24, 2.45) is 5.92 Å². The van der Waals surface area contributed by atoms with E-state index in [4.69, 9.17) is 0 Å². The van der Waals surface area contributed by atoms with E-state index in [0.717, 1.165) is 35.1 Å². The van der Waals surface area contributed by atoms with Gasteiger partial charge in [0.25, 0.3) is 0 Å². The lowest BCUT2D eigenvalue weighted by molar-refractivity contribution is 0.381. The van der Waals surface area contributed by atoms with Gasteiger partial charge in [-0.2, -0.15) is 14.6 Å². The molecule has 9 heteroatoms. The van der Waals surface area contributed by atoms with Gasteiger partial charge in [0.05, 0.1) is 12.2 Å². The largest absolute Gasteiger partial charge is 0.363 e. The van der Waals surface area contributed by atoms with E-state index in [9.17, 15) is 4.39 Å². The van der Waals surface area contributed by atoms with Gasteiger partial charge in [0, 0.05) is 24.3 Å². The highest BCUT2D eigenvalue weighted by atomic mass is 19.1. The van der Waals surface area contributed by atoms with Crippen LogP contribution < -0.4 is 10.2 Å². The van der Waals surface area contributed by atoms with Crippen molar-refractivity contribution in [3.05, 3.63) is 18.7 Å². The maximum Gasteiger partial charge on any atom is 0.243 e. The van der Waals surface area contributed by atoms with Crippen LogP contribution in [0.3, 0.4) is 0 Å². The predicted octanol–water partition coefficient (Wildman–Crippen LogP) is 1.88. The third-order valence-corrected chi connectivity index (χ3v) is 5.14. The van der Waals surface area contributed by atoms with Crippen molar-refractivity contribution in [1.82, 2.24) is 29.8 Å². The third kappa shape index (κ3) is 2.25. The van der Waals surface area contributed by atoms with Gasteiger partial charge in [0.15, 0.2) is 5.65 Å². The van der Waals surface area contributed by atoms with Crippen molar-refractivity contribution in [1.29, 1.82) is 0 Å². The van der Waals surface area contributed by atoms with Gasteiger partial charge in [0.2, 0.25) is 5.95 Å². The summed E-state index contributed by atoms with van der Waals surface area (Å²) < 4.78 is 14.5. The van der Waals surface area contributed by atoms with E-state index in [-0.39, 0.29) is 6.04 Å². The van der Waals surface area contributed by atoms with Gasteiger partial charge < -0.3 is 10.2 Å². The molecule has 0 amide bonds. The summed E-state index contributed by atoms with van der Waals surface area (Å²) in [5, 5.41) is 14.3. The van der Waals surface area contributed by atoms with Crippen LogP contribution in [0.4, 0.5) is 16.0 Å². The van der Waals surface area contributed by atoms with E-state index in [0.29, 0.717) is 12.0 Å². The maximum absolute atomic E-state index is 12.8. The number of nitrogens with zero attached hydrogens (tertiary/aromatic N) is 6. The van der Waals surface area contributed by atoms with Gasteiger partial charge in [-0.15, -0.1) is 5.10 Å². The summed E-state index contributed by atoms with van der Waals surface area (Å²) in [6, 6.07) is 0.211. The number of fused-ring (bicyclic) bond motifs is 2. The number of aromatic nitrogens is 6. The topological polar surface area (TPSA) is 87.0 Å². The molecule has 25 heavy (non-hydrogen) atoms. The first-order valence-electron chi connectivity index (χ1n) is 8.56. The van der Waals surface area contributed by atoms with E-state index in [1.54, 1.807) is 24.0 Å². The highest BCUT2D eigenvalue weighted by molar-refractivity contribution is 5.85. The highest BCUT2D eigenvalue weighted by Crippen LogP contribution is 2.46. The van der Waals surface area contributed by atoms with E-state index >= 15 is 0 Å². The molecule has 130 valence electrons. The summed E-state index contributed by atoms with van der Waals surface area (Å²) in [4.78, 5) is 11.6. The van der Waals surface area contributed by atoms with Crippen LogP contribution in [0, 0.1) is 5.92 Å². The monoisotopic (exact) mass is 342 g/mol. The Morgan fingerprint density at radius 3 is 3.00 bits per heavy atom.